The van der Waals surface area contributed by atoms with Crippen molar-refractivity contribution < 1.29 is 14.7 Å². The summed E-state index contributed by atoms with van der Waals surface area (Å²) in [5.41, 5.74) is 0. The Morgan fingerprint density at radius 3 is 2.32 bits per heavy atom. The van der Waals surface area contributed by atoms with Crippen molar-refractivity contribution in [3.05, 3.63) is 0 Å². The Bertz CT molecular complexity index is 345. The molecule has 1 saturated heterocycles. The number of nitrogens with zero attached hydrogens (tertiary/aromatic N) is 1. The van der Waals surface area contributed by atoms with Gasteiger partial charge in [-0.1, -0.05) is 20.3 Å². The van der Waals surface area contributed by atoms with E-state index in [0.29, 0.717) is 18.3 Å². The van der Waals surface area contributed by atoms with Gasteiger partial charge in [0.05, 0.1) is 0 Å². The number of carbonyl (C=O) groups is 2. The van der Waals surface area contributed by atoms with Crippen molar-refractivity contribution in [2.45, 2.75) is 45.6 Å². The number of nitrogens with one attached hydrogen (secondary N) is 1. The Labute approximate surface area is 114 Å². The molecule has 108 valence electrons. The first kappa shape index (κ1) is 14.2. The smallest absolute Gasteiger partial charge is 0.326 e. The standard InChI is InChI=1S/C14H24N2O3/c1-9(2)6-12(13(17)18)15-14(19)16-7-10-4-3-5-11(10)8-16/h9-12H,3-8H2,1-2H3,(H,15,19)(H,17,18)/t10?,11?,12-/m1/s1. The molecule has 2 rings (SSSR count). The predicted molar refractivity (Wildman–Crippen MR) is 71.8 cm³/mol. The Kier molecular flexibility index (Phi) is 4.32. The minimum absolute atomic E-state index is 0.206. The number of amides is 2. The number of fused-ring (bicyclic) bond motifs is 1. The molecule has 5 heteroatoms. The summed E-state index contributed by atoms with van der Waals surface area (Å²) in [7, 11) is 0. The Hall–Kier alpha value is -1.26. The molecule has 1 saturated carbocycles. The van der Waals surface area contributed by atoms with E-state index in [1.165, 1.54) is 19.3 Å². The number of hydrogen-bond acceptors (Lipinski definition) is 2. The molecular formula is C14H24N2O3. The van der Waals surface area contributed by atoms with Crippen LogP contribution in [0.1, 0.15) is 39.5 Å². The van der Waals surface area contributed by atoms with Crippen molar-refractivity contribution in [3.8, 4) is 0 Å². The van der Waals surface area contributed by atoms with E-state index in [1.807, 2.05) is 13.8 Å². The normalized spacial score (nSPS) is 27.4. The van der Waals surface area contributed by atoms with Crippen LogP contribution in [0.4, 0.5) is 4.79 Å². The van der Waals surface area contributed by atoms with Gasteiger partial charge in [-0.2, -0.15) is 0 Å². The molecule has 2 fully saturated rings. The topological polar surface area (TPSA) is 69.6 Å². The first-order chi connectivity index (χ1) is 8.97. The Balaban J connectivity index is 1.87. The number of carboxylic acid groups (broad SMARTS) is 1. The van der Waals surface area contributed by atoms with Crippen molar-refractivity contribution in [1.82, 2.24) is 10.2 Å². The molecule has 0 radical (unpaired) electrons. The average Bonchev–Trinajstić information content (AvgIpc) is 2.86. The second kappa shape index (κ2) is 5.80. The summed E-state index contributed by atoms with van der Waals surface area (Å²) < 4.78 is 0. The molecule has 19 heavy (non-hydrogen) atoms. The summed E-state index contributed by atoms with van der Waals surface area (Å²) in [6, 6.07) is -0.976. The third-order valence-corrected chi connectivity index (χ3v) is 4.32. The van der Waals surface area contributed by atoms with Crippen LogP contribution in [0.5, 0.6) is 0 Å². The molecule has 0 bridgehead atoms. The first-order valence-corrected chi connectivity index (χ1v) is 7.25. The molecule has 0 aromatic heterocycles. The lowest BCUT2D eigenvalue weighted by atomic mass is 10.0. The van der Waals surface area contributed by atoms with Crippen LogP contribution >= 0.6 is 0 Å². The van der Waals surface area contributed by atoms with Gasteiger partial charge in [0.15, 0.2) is 0 Å². The quantitative estimate of drug-likeness (QED) is 0.818. The van der Waals surface area contributed by atoms with Gasteiger partial charge in [0, 0.05) is 13.1 Å². The number of urea groups is 1. The van der Waals surface area contributed by atoms with Crippen LogP contribution in [0.25, 0.3) is 0 Å². The van der Waals surface area contributed by atoms with E-state index in [1.54, 1.807) is 4.90 Å². The molecule has 0 spiro atoms. The maximum absolute atomic E-state index is 12.1. The molecule has 2 N–H and O–H groups in total. The monoisotopic (exact) mass is 268 g/mol. The third kappa shape index (κ3) is 3.39. The van der Waals surface area contributed by atoms with Crippen LogP contribution in [-0.2, 0) is 4.79 Å². The highest BCUT2D eigenvalue weighted by Gasteiger charge is 2.38. The molecule has 2 aliphatic rings. The molecule has 5 nitrogen and oxygen atoms in total. The van der Waals surface area contributed by atoms with Gasteiger partial charge >= 0.3 is 12.0 Å². The minimum atomic E-state index is -0.943. The number of carbonyl (C=O) groups excluding carboxylic acids is 1. The highest BCUT2D eigenvalue weighted by Crippen LogP contribution is 2.37. The van der Waals surface area contributed by atoms with Crippen LogP contribution in [0.15, 0.2) is 0 Å². The van der Waals surface area contributed by atoms with Gasteiger partial charge in [0.1, 0.15) is 6.04 Å². The summed E-state index contributed by atoms with van der Waals surface area (Å²) in [4.78, 5) is 25.1. The van der Waals surface area contributed by atoms with E-state index in [0.717, 1.165) is 13.1 Å². The number of aliphatic carboxylic acids is 1. The largest absolute Gasteiger partial charge is 0.480 e. The Morgan fingerprint density at radius 2 is 1.84 bits per heavy atom. The minimum Gasteiger partial charge on any atom is -0.480 e. The molecule has 1 heterocycles. The van der Waals surface area contributed by atoms with E-state index in [2.05, 4.69) is 5.32 Å². The average molecular weight is 268 g/mol. The van der Waals surface area contributed by atoms with E-state index < -0.39 is 12.0 Å². The van der Waals surface area contributed by atoms with Gasteiger partial charge in [0.2, 0.25) is 0 Å². The zero-order valence-electron chi connectivity index (χ0n) is 11.8. The number of rotatable bonds is 4. The van der Waals surface area contributed by atoms with Crippen molar-refractivity contribution in [2.24, 2.45) is 17.8 Å². The van der Waals surface area contributed by atoms with Crippen LogP contribution in [-0.4, -0.2) is 41.1 Å². The molecule has 0 aromatic carbocycles. The number of hydrogen-bond donors (Lipinski definition) is 2. The van der Waals surface area contributed by atoms with Crippen molar-refractivity contribution in [2.75, 3.05) is 13.1 Å². The molecule has 2 amide bonds. The fraction of sp³-hybridized carbons (Fsp3) is 0.857. The zero-order chi connectivity index (χ0) is 14.0. The van der Waals surface area contributed by atoms with Crippen LogP contribution < -0.4 is 5.32 Å². The van der Waals surface area contributed by atoms with Gasteiger partial charge in [-0.05, 0) is 37.0 Å². The second-order valence-corrected chi connectivity index (χ2v) is 6.33. The summed E-state index contributed by atoms with van der Waals surface area (Å²) in [5, 5.41) is 11.8. The summed E-state index contributed by atoms with van der Waals surface area (Å²) in [5.74, 6) is 0.582. The predicted octanol–water partition coefficient (Wildman–Crippen LogP) is 1.93. The van der Waals surface area contributed by atoms with Crippen LogP contribution in [0, 0.1) is 17.8 Å². The van der Waals surface area contributed by atoms with Crippen molar-refractivity contribution in [3.63, 3.8) is 0 Å². The number of carboxylic acids is 1. The van der Waals surface area contributed by atoms with E-state index in [9.17, 15) is 9.59 Å². The van der Waals surface area contributed by atoms with Gasteiger partial charge in [0.25, 0.3) is 0 Å². The lowest BCUT2D eigenvalue weighted by molar-refractivity contribution is -0.139. The first-order valence-electron chi connectivity index (χ1n) is 7.25. The van der Waals surface area contributed by atoms with E-state index in [4.69, 9.17) is 5.11 Å². The van der Waals surface area contributed by atoms with Gasteiger partial charge in [-0.25, -0.2) is 9.59 Å². The van der Waals surface area contributed by atoms with Gasteiger partial charge in [-0.3, -0.25) is 0 Å². The lowest BCUT2D eigenvalue weighted by Gasteiger charge is -2.22. The van der Waals surface area contributed by atoms with E-state index in [-0.39, 0.29) is 11.9 Å². The van der Waals surface area contributed by atoms with E-state index >= 15 is 0 Å². The maximum Gasteiger partial charge on any atom is 0.326 e. The molecule has 2 unspecified atom stereocenters. The highest BCUT2D eigenvalue weighted by molar-refractivity contribution is 5.82. The molecule has 0 aromatic rings. The summed E-state index contributed by atoms with van der Waals surface area (Å²) in [6.45, 7) is 5.51. The van der Waals surface area contributed by atoms with Crippen LogP contribution in [0.3, 0.4) is 0 Å². The fourth-order valence-electron chi connectivity index (χ4n) is 3.33. The SMILES string of the molecule is CC(C)C[C@@H](NC(=O)N1CC2CCCC2C1)C(=O)O. The highest BCUT2D eigenvalue weighted by atomic mass is 16.4. The maximum atomic E-state index is 12.1. The van der Waals surface area contributed by atoms with Gasteiger partial charge < -0.3 is 15.3 Å². The van der Waals surface area contributed by atoms with Crippen molar-refractivity contribution in [1.29, 1.82) is 0 Å². The summed E-state index contributed by atoms with van der Waals surface area (Å²) >= 11 is 0. The fourth-order valence-corrected chi connectivity index (χ4v) is 3.33. The molecule has 3 atom stereocenters. The van der Waals surface area contributed by atoms with Gasteiger partial charge in [-0.15, -0.1) is 0 Å². The summed E-state index contributed by atoms with van der Waals surface area (Å²) in [6.07, 6.45) is 4.17. The number of likely N-dealkylation sites (tertiary alicyclic amines) is 1. The molecule has 1 aliphatic carbocycles. The Morgan fingerprint density at radius 1 is 1.26 bits per heavy atom. The third-order valence-electron chi connectivity index (χ3n) is 4.32. The van der Waals surface area contributed by atoms with Crippen LogP contribution in [0.2, 0.25) is 0 Å². The van der Waals surface area contributed by atoms with Crippen molar-refractivity contribution >= 4 is 12.0 Å². The lowest BCUT2D eigenvalue weighted by Crippen LogP contribution is -2.48. The molecule has 1 aliphatic heterocycles. The zero-order valence-corrected chi connectivity index (χ0v) is 11.8. The second-order valence-electron chi connectivity index (χ2n) is 6.33. The molecular weight excluding hydrogens is 244 g/mol.